The lowest BCUT2D eigenvalue weighted by Gasteiger charge is -2.62. The molecule has 260 valence electrons. The summed E-state index contributed by atoms with van der Waals surface area (Å²) in [7, 11) is 1.90. The van der Waals surface area contributed by atoms with Crippen LogP contribution in [0.5, 0.6) is 11.5 Å². The lowest BCUT2D eigenvalue weighted by Crippen LogP contribution is -2.75. The number of benzene rings is 1. The number of ether oxygens (including phenoxy) is 3. The second-order valence-electron chi connectivity index (χ2n) is 12.3. The smallest absolute Gasteiger partial charge is 0.333 e. The molecular formula is C31H37N3O14. The Morgan fingerprint density at radius 3 is 2.19 bits per heavy atom. The molecule has 2 unspecified atom stereocenters. The summed E-state index contributed by atoms with van der Waals surface area (Å²) in [5, 5.41) is 52.0. The Morgan fingerprint density at radius 1 is 0.979 bits per heavy atom. The summed E-state index contributed by atoms with van der Waals surface area (Å²) < 4.78 is 18.5. The number of aromatic hydroxyl groups is 1. The van der Waals surface area contributed by atoms with E-state index in [4.69, 9.17) is 24.4 Å². The third-order valence-electron chi connectivity index (χ3n) is 9.47. The number of likely N-dealkylation sites (N-methyl/N-ethyl adjacent to an activating group) is 1. The van der Waals surface area contributed by atoms with E-state index in [1.165, 1.54) is 6.07 Å². The van der Waals surface area contributed by atoms with Crippen LogP contribution in [-0.2, 0) is 50.1 Å². The molecule has 2 bridgehead atoms. The van der Waals surface area contributed by atoms with Crippen molar-refractivity contribution < 1.29 is 68.5 Å². The second-order valence-corrected chi connectivity index (χ2v) is 12.3. The summed E-state index contributed by atoms with van der Waals surface area (Å²) in [6.45, 7) is 0.176. The van der Waals surface area contributed by atoms with Crippen molar-refractivity contribution in [3.63, 3.8) is 0 Å². The standard InChI is InChI=1S/C31H37N3O14/c1-34-11-8-30-25-15-2-3-16(35)26(25)47-27(30)19(46-23(40)5-9-32-21(38)13-17(36)28(42)43)4-7-31(30,20(34)12-15)48-24(41)6-10-33-22(39)14-18(37)29(44)45/h2-4,17-18,20,27,35-37H,5-14H2,1H3,(H,32,38)(H,33,39)(H,42,43)(H,44,45)/t17?,18?,20-,27+,30+,31-/m1/s1. The van der Waals surface area contributed by atoms with E-state index in [1.54, 1.807) is 12.1 Å². The third-order valence-corrected chi connectivity index (χ3v) is 9.47. The number of carboxylic acids is 2. The van der Waals surface area contributed by atoms with Crippen molar-refractivity contribution in [1.29, 1.82) is 0 Å². The number of piperidine rings is 1. The molecule has 1 saturated heterocycles. The zero-order chi connectivity index (χ0) is 35.0. The van der Waals surface area contributed by atoms with Crippen molar-refractivity contribution in [3.05, 3.63) is 35.1 Å². The molecule has 0 aromatic heterocycles. The monoisotopic (exact) mass is 675 g/mol. The molecule has 5 rings (SSSR count). The van der Waals surface area contributed by atoms with Gasteiger partial charge in [-0.25, -0.2) is 9.59 Å². The molecule has 1 aromatic carbocycles. The van der Waals surface area contributed by atoms with Crippen LogP contribution in [-0.4, -0.2) is 123 Å². The maximum Gasteiger partial charge on any atom is 0.333 e. The van der Waals surface area contributed by atoms with Crippen molar-refractivity contribution in [3.8, 4) is 11.5 Å². The van der Waals surface area contributed by atoms with Gasteiger partial charge in [0, 0.05) is 25.1 Å². The second kappa shape index (κ2) is 13.4. The van der Waals surface area contributed by atoms with Gasteiger partial charge < -0.3 is 50.4 Å². The van der Waals surface area contributed by atoms with Gasteiger partial charge >= 0.3 is 23.9 Å². The third kappa shape index (κ3) is 6.15. The molecule has 1 aromatic rings. The van der Waals surface area contributed by atoms with Gasteiger partial charge in [-0.15, -0.1) is 0 Å². The maximum atomic E-state index is 13.4. The number of amides is 2. The van der Waals surface area contributed by atoms with Gasteiger partial charge in [0.2, 0.25) is 11.8 Å². The molecule has 7 N–H and O–H groups in total. The summed E-state index contributed by atoms with van der Waals surface area (Å²) in [4.78, 5) is 74.0. The number of hydrogen-bond acceptors (Lipinski definition) is 13. The molecule has 2 aliphatic carbocycles. The first-order chi connectivity index (χ1) is 22.7. The fourth-order valence-corrected chi connectivity index (χ4v) is 7.32. The van der Waals surface area contributed by atoms with E-state index in [1.807, 2.05) is 7.05 Å². The van der Waals surface area contributed by atoms with Gasteiger partial charge in [-0.05, 0) is 44.1 Å². The number of carbonyl (C=O) groups is 6. The van der Waals surface area contributed by atoms with Gasteiger partial charge in [0.25, 0.3) is 0 Å². The molecule has 6 atom stereocenters. The topological polar surface area (TPSA) is 259 Å². The minimum atomic E-state index is -1.88. The lowest BCUT2D eigenvalue weighted by molar-refractivity contribution is -0.206. The Hall–Kier alpha value is -4.74. The Balaban J connectivity index is 1.36. The molecule has 2 aliphatic heterocycles. The van der Waals surface area contributed by atoms with E-state index in [0.29, 0.717) is 24.9 Å². The highest BCUT2D eigenvalue weighted by molar-refractivity contribution is 5.84. The summed E-state index contributed by atoms with van der Waals surface area (Å²) in [5.74, 6) is -5.85. The quantitative estimate of drug-likeness (QED) is 0.110. The number of nitrogens with one attached hydrogen (secondary N) is 2. The Labute approximate surface area is 273 Å². The molecule has 0 saturated carbocycles. The number of rotatable bonds is 14. The van der Waals surface area contributed by atoms with Crippen LogP contribution in [0.25, 0.3) is 0 Å². The van der Waals surface area contributed by atoms with Crippen LogP contribution in [0, 0.1) is 0 Å². The molecule has 17 nitrogen and oxygen atoms in total. The van der Waals surface area contributed by atoms with Crippen LogP contribution >= 0.6 is 0 Å². The highest BCUT2D eigenvalue weighted by Crippen LogP contribution is 2.66. The van der Waals surface area contributed by atoms with Crippen LogP contribution in [0.15, 0.2) is 24.0 Å². The van der Waals surface area contributed by atoms with Crippen LogP contribution in [0.4, 0.5) is 0 Å². The normalized spacial score (nSPS) is 26.1. The highest BCUT2D eigenvalue weighted by atomic mass is 16.6. The van der Waals surface area contributed by atoms with Crippen LogP contribution in [0.2, 0.25) is 0 Å². The minimum absolute atomic E-state index is 0.103. The molecule has 4 aliphatic rings. The number of phenolic OH excluding ortho intramolecular Hbond substituents is 1. The van der Waals surface area contributed by atoms with Crippen molar-refractivity contribution in [2.24, 2.45) is 0 Å². The Morgan fingerprint density at radius 2 is 1.58 bits per heavy atom. The highest BCUT2D eigenvalue weighted by Gasteiger charge is 2.74. The number of aliphatic hydroxyl groups excluding tert-OH is 2. The van der Waals surface area contributed by atoms with Gasteiger partial charge in [0.05, 0.1) is 37.1 Å². The average Bonchev–Trinajstić information content (AvgIpc) is 3.37. The lowest BCUT2D eigenvalue weighted by atomic mass is 9.50. The fraction of sp³-hybridized carbons (Fsp3) is 0.548. The van der Waals surface area contributed by atoms with E-state index in [-0.39, 0.29) is 55.7 Å². The van der Waals surface area contributed by atoms with Crippen molar-refractivity contribution in [2.45, 2.75) is 80.3 Å². The molecule has 1 fully saturated rings. The van der Waals surface area contributed by atoms with Crippen molar-refractivity contribution in [2.75, 3.05) is 26.7 Å². The molecular weight excluding hydrogens is 638 g/mol. The zero-order valence-corrected chi connectivity index (χ0v) is 26.0. The summed E-state index contributed by atoms with van der Waals surface area (Å²) in [6, 6.07) is 2.95. The molecule has 1 spiro atoms. The predicted molar refractivity (Wildman–Crippen MR) is 158 cm³/mol. The molecule has 2 amide bonds. The van der Waals surface area contributed by atoms with Crippen LogP contribution < -0.4 is 15.4 Å². The van der Waals surface area contributed by atoms with Gasteiger partial charge in [-0.1, -0.05) is 6.07 Å². The number of aliphatic carboxylic acids is 2. The summed E-state index contributed by atoms with van der Waals surface area (Å²) in [6.07, 6.45) is -4.14. The first kappa shape index (κ1) is 34.6. The van der Waals surface area contributed by atoms with Gasteiger partial charge in [0.1, 0.15) is 11.4 Å². The van der Waals surface area contributed by atoms with Gasteiger partial charge in [0.15, 0.2) is 29.8 Å². The number of esters is 2. The number of aliphatic hydroxyl groups is 2. The number of phenols is 1. The SMILES string of the molecule is CN1CC[C@]23c4c5ccc(O)c4O[C@H]2C(OC(=O)CCNC(=O)CC(O)C(=O)O)=CC[C@@]3(OC(=O)CCNC(=O)CC(O)C(=O)O)[C@H]1C5. The molecule has 17 heteroatoms. The Kier molecular flexibility index (Phi) is 9.66. The first-order valence-electron chi connectivity index (χ1n) is 15.4. The number of nitrogens with zero attached hydrogens (tertiary/aromatic N) is 1. The number of carboxylic acid groups (broad SMARTS) is 2. The molecule has 48 heavy (non-hydrogen) atoms. The minimum Gasteiger partial charge on any atom is -0.504 e. The van der Waals surface area contributed by atoms with Crippen molar-refractivity contribution in [1.82, 2.24) is 15.5 Å². The zero-order valence-electron chi connectivity index (χ0n) is 26.0. The Bertz CT molecular complexity index is 1560. The largest absolute Gasteiger partial charge is 0.504 e. The number of likely N-dealkylation sites (tertiary alicyclic amines) is 1. The summed E-state index contributed by atoms with van der Waals surface area (Å²) in [5.41, 5.74) is -0.795. The van der Waals surface area contributed by atoms with Gasteiger partial charge in [-0.3, -0.25) is 24.1 Å². The van der Waals surface area contributed by atoms with E-state index < -0.39 is 77.9 Å². The number of carbonyl (C=O) groups excluding carboxylic acids is 4. The first-order valence-corrected chi connectivity index (χ1v) is 15.4. The summed E-state index contributed by atoms with van der Waals surface area (Å²) >= 11 is 0. The number of hydrogen-bond donors (Lipinski definition) is 7. The van der Waals surface area contributed by atoms with Gasteiger partial charge in [-0.2, -0.15) is 0 Å². The predicted octanol–water partition coefficient (Wildman–Crippen LogP) is -1.55. The van der Waals surface area contributed by atoms with E-state index in [2.05, 4.69) is 15.5 Å². The van der Waals surface area contributed by atoms with E-state index in [9.17, 15) is 44.1 Å². The molecule has 0 radical (unpaired) electrons. The van der Waals surface area contributed by atoms with Crippen molar-refractivity contribution >= 4 is 35.7 Å². The molecule has 2 heterocycles. The fourth-order valence-electron chi connectivity index (χ4n) is 7.32. The maximum absolute atomic E-state index is 13.4. The average molecular weight is 676 g/mol. The van der Waals surface area contributed by atoms with Crippen LogP contribution in [0.1, 0.15) is 49.7 Å². The van der Waals surface area contributed by atoms with E-state index in [0.717, 1.165) is 5.56 Å². The van der Waals surface area contributed by atoms with E-state index >= 15 is 0 Å². The van der Waals surface area contributed by atoms with Crippen LogP contribution in [0.3, 0.4) is 0 Å².